The molecule has 1 fully saturated rings. The van der Waals surface area contributed by atoms with E-state index in [1.54, 1.807) is 18.2 Å². The fourth-order valence-corrected chi connectivity index (χ4v) is 4.33. The van der Waals surface area contributed by atoms with Crippen LogP contribution in [-0.4, -0.2) is 54.1 Å². The third-order valence-electron chi connectivity index (χ3n) is 5.92. The van der Waals surface area contributed by atoms with Crippen LogP contribution in [0.4, 0.5) is 10.3 Å². The van der Waals surface area contributed by atoms with Gasteiger partial charge in [-0.25, -0.2) is 4.39 Å². The lowest BCUT2D eigenvalue weighted by molar-refractivity contribution is 0.0229. The molecule has 1 aliphatic rings. The second-order valence-electron chi connectivity index (χ2n) is 8.65. The van der Waals surface area contributed by atoms with Gasteiger partial charge in [-0.05, 0) is 30.5 Å². The summed E-state index contributed by atoms with van der Waals surface area (Å²) in [6, 6.07) is 16.5. The number of rotatable bonds is 12. The summed E-state index contributed by atoms with van der Waals surface area (Å²) in [6.07, 6.45) is 3.23. The number of aromatic nitrogens is 1. The second kappa shape index (κ2) is 11.9. The Morgan fingerprint density at radius 2 is 1.85 bits per heavy atom. The second-order valence-corrected chi connectivity index (χ2v) is 8.65. The van der Waals surface area contributed by atoms with Crippen LogP contribution in [0.15, 0.2) is 71.8 Å². The third kappa shape index (κ3) is 6.32. The number of aliphatic hydroxyl groups excluding tert-OH is 1. The Labute approximate surface area is 200 Å². The molecular weight excluding hydrogens is 433 g/mol. The van der Waals surface area contributed by atoms with E-state index in [4.69, 9.17) is 9.26 Å². The van der Waals surface area contributed by atoms with Gasteiger partial charge in [0.1, 0.15) is 11.5 Å². The average Bonchev–Trinajstić information content (AvgIpc) is 3.51. The number of nitrogens with zero attached hydrogens (tertiary/aromatic N) is 3. The van der Waals surface area contributed by atoms with Gasteiger partial charge in [-0.3, -0.25) is 4.90 Å². The molecule has 7 heteroatoms. The Kier molecular flexibility index (Phi) is 8.46. The summed E-state index contributed by atoms with van der Waals surface area (Å²) in [7, 11) is 0. The van der Waals surface area contributed by atoms with Gasteiger partial charge in [0, 0.05) is 38.3 Å². The fraction of sp³-hybridized carbons (Fsp3) is 0.370. The Balaban J connectivity index is 1.62. The highest BCUT2D eigenvalue weighted by Crippen LogP contribution is 2.34. The number of aliphatic hydroxyl groups is 1. The maximum atomic E-state index is 13.5. The molecule has 34 heavy (non-hydrogen) atoms. The average molecular weight is 466 g/mol. The molecule has 2 heterocycles. The van der Waals surface area contributed by atoms with Crippen molar-refractivity contribution in [3.05, 3.63) is 84.2 Å². The first-order valence-electron chi connectivity index (χ1n) is 11.8. The minimum atomic E-state index is -0.685. The maximum Gasteiger partial charge on any atom is 0.232 e. The normalized spacial score (nSPS) is 14.6. The monoisotopic (exact) mass is 465 g/mol. The van der Waals surface area contributed by atoms with Crippen LogP contribution in [-0.2, 0) is 17.8 Å². The van der Waals surface area contributed by atoms with Crippen molar-refractivity contribution in [3.63, 3.8) is 0 Å². The number of hydrogen-bond acceptors (Lipinski definition) is 6. The molecule has 1 N–H and O–H groups in total. The first-order valence-corrected chi connectivity index (χ1v) is 11.8. The smallest absolute Gasteiger partial charge is 0.232 e. The van der Waals surface area contributed by atoms with Crippen LogP contribution < -0.4 is 4.90 Å². The van der Waals surface area contributed by atoms with E-state index in [2.05, 4.69) is 21.5 Å². The summed E-state index contributed by atoms with van der Waals surface area (Å²) < 4.78 is 24.8. The zero-order valence-electron chi connectivity index (χ0n) is 19.4. The Morgan fingerprint density at radius 3 is 2.56 bits per heavy atom. The minimum absolute atomic E-state index is 0.208. The molecule has 1 atom stereocenters. The van der Waals surface area contributed by atoms with Crippen molar-refractivity contribution in [2.45, 2.75) is 32.0 Å². The maximum absolute atomic E-state index is 13.5. The van der Waals surface area contributed by atoms with E-state index < -0.39 is 6.10 Å². The first kappa shape index (κ1) is 24.1. The Morgan fingerprint density at radius 1 is 1.12 bits per heavy atom. The van der Waals surface area contributed by atoms with Gasteiger partial charge in [-0.2, -0.15) is 0 Å². The summed E-state index contributed by atoms with van der Waals surface area (Å²) in [5.74, 6) is 0.521. The molecule has 180 valence electrons. The topological polar surface area (TPSA) is 62.0 Å². The molecule has 1 saturated heterocycles. The largest absolute Gasteiger partial charge is 0.389 e. The molecule has 1 aliphatic heterocycles. The molecule has 0 radical (unpaired) electrons. The lowest BCUT2D eigenvalue weighted by Gasteiger charge is -2.26. The van der Waals surface area contributed by atoms with Gasteiger partial charge in [-0.1, -0.05) is 53.7 Å². The zero-order valence-corrected chi connectivity index (χ0v) is 19.4. The summed E-state index contributed by atoms with van der Waals surface area (Å²) >= 11 is 0. The van der Waals surface area contributed by atoms with Gasteiger partial charge < -0.3 is 19.3 Å². The van der Waals surface area contributed by atoms with Crippen LogP contribution in [0.5, 0.6) is 0 Å². The Hall–Kier alpha value is -3.00. The number of hydrogen-bond donors (Lipinski definition) is 1. The highest BCUT2D eigenvalue weighted by molar-refractivity contribution is 5.68. The molecule has 0 bridgehead atoms. The van der Waals surface area contributed by atoms with Crippen LogP contribution in [0.3, 0.4) is 0 Å². The molecule has 0 amide bonds. The van der Waals surface area contributed by atoms with E-state index in [1.165, 1.54) is 12.1 Å². The fourth-order valence-electron chi connectivity index (χ4n) is 4.33. The van der Waals surface area contributed by atoms with Crippen molar-refractivity contribution in [2.24, 2.45) is 0 Å². The number of anilines is 1. The van der Waals surface area contributed by atoms with Crippen LogP contribution >= 0.6 is 0 Å². The van der Waals surface area contributed by atoms with Crippen LogP contribution in [0.25, 0.3) is 11.3 Å². The van der Waals surface area contributed by atoms with Gasteiger partial charge in [0.25, 0.3) is 0 Å². The molecular formula is C27H32FN3O3. The first-order chi connectivity index (χ1) is 16.6. The molecule has 0 spiro atoms. The van der Waals surface area contributed by atoms with Crippen LogP contribution in [0.1, 0.15) is 24.0 Å². The van der Waals surface area contributed by atoms with Crippen LogP contribution in [0.2, 0.25) is 0 Å². The SMILES string of the molecule is C=CCOCC(O)CN(Cc1ccc(F)cc1)Cc1c(-c2ccccc2)noc1N1CCCC1. The molecule has 3 aromatic rings. The standard InChI is InChI=1S/C27H32FN3O3/c1-2-16-33-20-24(32)18-30(17-21-10-12-23(28)13-11-21)19-25-26(22-8-4-3-5-9-22)29-34-27(25)31-14-6-7-15-31/h2-5,8-13,24,32H,1,6-7,14-20H2. The van der Waals surface area contributed by atoms with Crippen molar-refractivity contribution in [2.75, 3.05) is 37.7 Å². The number of halogens is 1. The summed E-state index contributed by atoms with van der Waals surface area (Å²) in [4.78, 5) is 4.38. The summed E-state index contributed by atoms with van der Waals surface area (Å²) in [5, 5.41) is 15.1. The summed E-state index contributed by atoms with van der Waals surface area (Å²) in [6.45, 7) is 7.56. The third-order valence-corrected chi connectivity index (χ3v) is 5.92. The van der Waals surface area contributed by atoms with E-state index in [0.717, 1.165) is 54.2 Å². The van der Waals surface area contributed by atoms with E-state index in [0.29, 0.717) is 26.2 Å². The lowest BCUT2D eigenvalue weighted by Crippen LogP contribution is -2.35. The predicted octanol–water partition coefficient (Wildman–Crippen LogP) is 4.65. The van der Waals surface area contributed by atoms with Crippen molar-refractivity contribution in [1.29, 1.82) is 0 Å². The van der Waals surface area contributed by atoms with Gasteiger partial charge in [0.05, 0.1) is 24.9 Å². The summed E-state index contributed by atoms with van der Waals surface area (Å²) in [5.41, 5.74) is 3.75. The van der Waals surface area contributed by atoms with E-state index in [-0.39, 0.29) is 12.4 Å². The van der Waals surface area contributed by atoms with E-state index in [9.17, 15) is 9.50 Å². The number of benzene rings is 2. The van der Waals surface area contributed by atoms with E-state index in [1.807, 2.05) is 30.3 Å². The molecule has 2 aromatic carbocycles. The predicted molar refractivity (Wildman–Crippen MR) is 131 cm³/mol. The molecule has 1 unspecified atom stereocenters. The van der Waals surface area contributed by atoms with Crippen molar-refractivity contribution >= 4 is 5.88 Å². The molecule has 1 aromatic heterocycles. The van der Waals surface area contributed by atoms with Gasteiger partial charge in [0.15, 0.2) is 0 Å². The van der Waals surface area contributed by atoms with E-state index >= 15 is 0 Å². The van der Waals surface area contributed by atoms with Crippen molar-refractivity contribution < 1.29 is 18.8 Å². The minimum Gasteiger partial charge on any atom is -0.389 e. The molecule has 4 rings (SSSR count). The zero-order chi connectivity index (χ0) is 23.8. The van der Waals surface area contributed by atoms with Gasteiger partial charge in [-0.15, -0.1) is 6.58 Å². The highest BCUT2D eigenvalue weighted by Gasteiger charge is 2.27. The molecule has 6 nitrogen and oxygen atoms in total. The van der Waals surface area contributed by atoms with Crippen LogP contribution in [0, 0.1) is 5.82 Å². The molecule has 0 aliphatic carbocycles. The lowest BCUT2D eigenvalue weighted by atomic mass is 10.1. The van der Waals surface area contributed by atoms with Gasteiger partial charge in [0.2, 0.25) is 5.88 Å². The molecule has 0 saturated carbocycles. The highest BCUT2D eigenvalue weighted by atomic mass is 19.1. The quantitative estimate of drug-likeness (QED) is 0.310. The number of ether oxygens (including phenoxy) is 1. The van der Waals surface area contributed by atoms with Crippen molar-refractivity contribution in [3.8, 4) is 11.3 Å². The van der Waals surface area contributed by atoms with Crippen molar-refractivity contribution in [1.82, 2.24) is 10.1 Å². The van der Waals surface area contributed by atoms with Gasteiger partial charge >= 0.3 is 0 Å². The Bertz CT molecular complexity index is 1030.